The average molecular weight is 432 g/mol. The molecule has 0 aliphatic heterocycles. The maximum absolute atomic E-state index is 14.1. The van der Waals surface area contributed by atoms with Gasteiger partial charge in [0, 0.05) is 23.9 Å². The monoisotopic (exact) mass is 431 g/mol. The maximum Gasteiger partial charge on any atom is 0.223 e. The van der Waals surface area contributed by atoms with E-state index in [1.165, 1.54) is 18.2 Å². The fraction of sp³-hybridized carbons (Fsp3) is 0.227. The summed E-state index contributed by atoms with van der Waals surface area (Å²) in [4.78, 5) is 7.47. The van der Waals surface area contributed by atoms with Crippen LogP contribution < -0.4 is 15.8 Å². The highest BCUT2D eigenvalue weighted by Crippen LogP contribution is 2.26. The molecule has 8 heteroatoms. The van der Waals surface area contributed by atoms with Crippen LogP contribution in [0.5, 0.6) is 5.75 Å². The van der Waals surface area contributed by atoms with Crippen molar-refractivity contribution in [3.05, 3.63) is 72.0 Å². The van der Waals surface area contributed by atoms with Crippen LogP contribution in [0.25, 0.3) is 11.3 Å². The van der Waals surface area contributed by atoms with Crippen LogP contribution in [0.3, 0.4) is 0 Å². The number of hydrogen-bond acceptors (Lipinski definition) is 5. The first-order valence-electron chi connectivity index (χ1n) is 9.49. The van der Waals surface area contributed by atoms with Gasteiger partial charge >= 0.3 is 0 Å². The Hall–Kier alpha value is -2.93. The number of hydrogen-bond donors (Lipinski definition) is 2. The number of nitrogens with one attached hydrogen (secondary N) is 1. The zero-order valence-corrected chi connectivity index (χ0v) is 17.1. The Kier molecular flexibility index (Phi) is 7.41. The zero-order valence-electron chi connectivity index (χ0n) is 16.3. The van der Waals surface area contributed by atoms with Crippen molar-refractivity contribution in [1.29, 1.82) is 0 Å². The molecule has 0 atom stereocenters. The second kappa shape index (κ2) is 10.2. The number of unbranched alkanes of at least 4 members (excludes halogenated alkanes) is 2. The summed E-state index contributed by atoms with van der Waals surface area (Å²) in [6, 6.07) is 9.61. The minimum Gasteiger partial charge on any atom is -0.494 e. The fourth-order valence-electron chi connectivity index (χ4n) is 2.94. The van der Waals surface area contributed by atoms with Crippen LogP contribution in [-0.2, 0) is 0 Å². The van der Waals surface area contributed by atoms with Gasteiger partial charge in [-0.15, -0.1) is 0 Å². The van der Waals surface area contributed by atoms with Gasteiger partial charge in [-0.1, -0.05) is 0 Å². The van der Waals surface area contributed by atoms with Crippen LogP contribution in [0.1, 0.15) is 24.8 Å². The standard InChI is InChI=1S/C22H22ClF2N4O/c1-14-9-16(26)12-17(10-14)30-8-4-2-3-7-27-20-11-15(5-6-18(20)24)21-19(25)13-28-22(23)29-21/h5-6,9-13,27H,1-4,7-8,26H2. The minimum absolute atomic E-state index is 0.0298. The Balaban J connectivity index is 1.46. The highest BCUT2D eigenvalue weighted by atomic mass is 35.5. The number of benzene rings is 2. The average Bonchev–Trinajstić information content (AvgIpc) is 2.69. The highest BCUT2D eigenvalue weighted by Gasteiger charge is 2.11. The lowest BCUT2D eigenvalue weighted by atomic mass is 10.1. The summed E-state index contributed by atoms with van der Waals surface area (Å²) in [5, 5.41) is 2.97. The van der Waals surface area contributed by atoms with Crippen molar-refractivity contribution >= 4 is 23.0 Å². The number of aromatic nitrogens is 2. The van der Waals surface area contributed by atoms with E-state index in [1.54, 1.807) is 12.1 Å². The molecule has 0 unspecified atom stereocenters. The second-order valence-corrected chi connectivity index (χ2v) is 7.11. The van der Waals surface area contributed by atoms with Crippen LogP contribution in [0, 0.1) is 18.6 Å². The molecule has 0 saturated heterocycles. The fourth-order valence-corrected chi connectivity index (χ4v) is 3.08. The van der Waals surface area contributed by atoms with Crippen molar-refractivity contribution < 1.29 is 13.5 Å². The lowest BCUT2D eigenvalue weighted by molar-refractivity contribution is 0.306. The normalized spacial score (nSPS) is 10.8. The Bertz CT molecular complexity index is 996. The van der Waals surface area contributed by atoms with Gasteiger partial charge in [0.15, 0.2) is 5.82 Å². The minimum atomic E-state index is -0.622. The van der Waals surface area contributed by atoms with E-state index in [1.807, 2.05) is 6.07 Å². The first kappa shape index (κ1) is 21.8. The summed E-state index contributed by atoms with van der Waals surface area (Å²) in [7, 11) is 0. The summed E-state index contributed by atoms with van der Waals surface area (Å²) in [5.74, 6) is -0.342. The number of nitrogen functional groups attached to an aromatic ring is 1. The summed E-state index contributed by atoms with van der Waals surface area (Å²) in [6.45, 7) is 4.97. The smallest absolute Gasteiger partial charge is 0.223 e. The van der Waals surface area contributed by atoms with Gasteiger partial charge in [0.1, 0.15) is 17.3 Å². The number of nitrogens with zero attached hydrogens (tertiary/aromatic N) is 2. The van der Waals surface area contributed by atoms with E-state index in [9.17, 15) is 8.78 Å². The van der Waals surface area contributed by atoms with Crippen molar-refractivity contribution in [3.8, 4) is 17.0 Å². The topological polar surface area (TPSA) is 73.1 Å². The van der Waals surface area contributed by atoms with Gasteiger partial charge < -0.3 is 15.8 Å². The molecule has 0 spiro atoms. The van der Waals surface area contributed by atoms with Crippen LogP contribution in [0.15, 0.2) is 42.6 Å². The van der Waals surface area contributed by atoms with E-state index in [0.717, 1.165) is 31.0 Å². The van der Waals surface area contributed by atoms with Gasteiger partial charge in [-0.2, -0.15) is 0 Å². The summed E-state index contributed by atoms with van der Waals surface area (Å²) >= 11 is 5.74. The summed E-state index contributed by atoms with van der Waals surface area (Å²) in [5.41, 5.74) is 7.92. The van der Waals surface area contributed by atoms with Gasteiger partial charge in [-0.05, 0) is 73.7 Å². The molecule has 30 heavy (non-hydrogen) atoms. The molecular weight excluding hydrogens is 410 g/mol. The molecule has 1 radical (unpaired) electrons. The number of ether oxygens (including phenoxy) is 1. The third-order valence-corrected chi connectivity index (χ3v) is 4.53. The molecule has 0 amide bonds. The number of nitrogens with two attached hydrogens (primary N) is 1. The third-order valence-electron chi connectivity index (χ3n) is 4.35. The first-order chi connectivity index (χ1) is 14.4. The van der Waals surface area contributed by atoms with E-state index in [4.69, 9.17) is 22.1 Å². The maximum atomic E-state index is 14.1. The largest absolute Gasteiger partial charge is 0.494 e. The molecule has 1 heterocycles. The molecule has 3 rings (SSSR count). The number of halogens is 3. The van der Waals surface area contributed by atoms with E-state index in [0.29, 0.717) is 30.2 Å². The van der Waals surface area contributed by atoms with Gasteiger partial charge in [0.05, 0.1) is 18.5 Å². The molecule has 1 aromatic heterocycles. The van der Waals surface area contributed by atoms with Crippen molar-refractivity contribution in [2.45, 2.75) is 19.3 Å². The molecule has 0 bridgehead atoms. The molecule has 157 valence electrons. The molecule has 0 fully saturated rings. The molecule has 0 aliphatic carbocycles. The van der Waals surface area contributed by atoms with Gasteiger partial charge in [-0.3, -0.25) is 0 Å². The van der Waals surface area contributed by atoms with Crippen molar-refractivity contribution in [2.24, 2.45) is 0 Å². The van der Waals surface area contributed by atoms with Crippen LogP contribution in [0.2, 0.25) is 5.28 Å². The predicted octanol–water partition coefficient (Wildman–Crippen LogP) is 5.50. The summed E-state index contributed by atoms with van der Waals surface area (Å²) < 4.78 is 33.7. The van der Waals surface area contributed by atoms with E-state index >= 15 is 0 Å². The molecule has 5 nitrogen and oxygen atoms in total. The number of anilines is 2. The third kappa shape index (κ3) is 6.03. The van der Waals surface area contributed by atoms with E-state index in [-0.39, 0.29) is 16.7 Å². The van der Waals surface area contributed by atoms with Crippen LogP contribution in [-0.4, -0.2) is 23.1 Å². The highest BCUT2D eigenvalue weighted by molar-refractivity contribution is 6.28. The van der Waals surface area contributed by atoms with Crippen molar-refractivity contribution in [2.75, 3.05) is 24.2 Å². The molecule has 3 N–H and O–H groups in total. The van der Waals surface area contributed by atoms with Crippen LogP contribution in [0.4, 0.5) is 20.2 Å². The van der Waals surface area contributed by atoms with Gasteiger partial charge in [0.25, 0.3) is 0 Å². The van der Waals surface area contributed by atoms with Crippen molar-refractivity contribution in [3.63, 3.8) is 0 Å². The Labute approximate surface area is 179 Å². The molecule has 0 aliphatic rings. The van der Waals surface area contributed by atoms with E-state index in [2.05, 4.69) is 22.2 Å². The molecule has 2 aromatic carbocycles. The first-order valence-corrected chi connectivity index (χ1v) is 9.87. The van der Waals surface area contributed by atoms with Crippen molar-refractivity contribution in [1.82, 2.24) is 9.97 Å². The Morgan fingerprint density at radius 3 is 2.70 bits per heavy atom. The van der Waals surface area contributed by atoms with Gasteiger partial charge in [0.2, 0.25) is 5.28 Å². The SMILES string of the molecule is [CH2]c1cc(N)cc(OCCCCCNc2cc(-c3nc(Cl)ncc3F)ccc2F)c1. The van der Waals surface area contributed by atoms with Gasteiger partial charge in [-0.25, -0.2) is 18.7 Å². The number of rotatable bonds is 9. The van der Waals surface area contributed by atoms with Crippen LogP contribution >= 0.6 is 11.6 Å². The van der Waals surface area contributed by atoms with E-state index < -0.39 is 11.6 Å². The quantitative estimate of drug-likeness (QED) is 0.266. The Morgan fingerprint density at radius 2 is 1.90 bits per heavy atom. The Morgan fingerprint density at radius 1 is 1.07 bits per heavy atom. The second-order valence-electron chi connectivity index (χ2n) is 6.78. The summed E-state index contributed by atoms with van der Waals surface area (Å²) in [6.07, 6.45) is 3.54. The molecular formula is C22H22ClF2N4O. The lowest BCUT2D eigenvalue weighted by Gasteiger charge is -2.11. The predicted molar refractivity (Wildman–Crippen MR) is 116 cm³/mol. The molecule has 3 aromatic rings. The zero-order chi connectivity index (χ0) is 21.5. The lowest BCUT2D eigenvalue weighted by Crippen LogP contribution is -2.05. The molecule has 0 saturated carbocycles.